The maximum atomic E-state index is 12.5. The molecule has 0 bridgehead atoms. The zero-order valence-corrected chi connectivity index (χ0v) is 13.9. The molecule has 0 aromatic heterocycles. The number of nitrogens with one attached hydrogen (secondary N) is 1. The molecule has 5 nitrogen and oxygen atoms in total. The summed E-state index contributed by atoms with van der Waals surface area (Å²) in [7, 11) is 1.56. The normalized spacial score (nSPS) is 18.6. The Kier molecular flexibility index (Phi) is 4.53. The lowest BCUT2D eigenvalue weighted by Crippen LogP contribution is -2.41. The van der Waals surface area contributed by atoms with Crippen LogP contribution in [0.25, 0.3) is 0 Å². The fraction of sp³-hybridized carbons (Fsp3) is 0.250. The van der Waals surface area contributed by atoms with Gasteiger partial charge in [-0.25, -0.2) is 0 Å². The molecule has 1 N–H and O–H groups in total. The Morgan fingerprint density at radius 1 is 1.24 bits per heavy atom. The van der Waals surface area contributed by atoms with Crippen molar-refractivity contribution in [2.45, 2.75) is 19.3 Å². The van der Waals surface area contributed by atoms with E-state index < -0.39 is 5.41 Å². The van der Waals surface area contributed by atoms with Gasteiger partial charge < -0.3 is 10.1 Å². The van der Waals surface area contributed by atoms with Gasteiger partial charge >= 0.3 is 0 Å². The lowest BCUT2D eigenvalue weighted by molar-refractivity contribution is -0.123. The van der Waals surface area contributed by atoms with Gasteiger partial charge in [-0.1, -0.05) is 18.2 Å². The summed E-state index contributed by atoms with van der Waals surface area (Å²) in [6, 6.07) is 16.4. The SMILES string of the molecule is COc1ccc(C(=O)CC[C@@]2(C#N)Cc3ccccc3NC2=O)cc1. The van der Waals surface area contributed by atoms with Crippen LogP contribution in [0.5, 0.6) is 5.75 Å². The first kappa shape index (κ1) is 16.7. The average molecular weight is 334 g/mol. The molecule has 2 aromatic rings. The third kappa shape index (κ3) is 3.24. The largest absolute Gasteiger partial charge is 0.497 e. The van der Waals surface area contributed by atoms with Crippen LogP contribution in [0.4, 0.5) is 5.69 Å². The Hall–Kier alpha value is -3.13. The molecular formula is C20H18N2O3. The maximum Gasteiger partial charge on any atom is 0.245 e. The van der Waals surface area contributed by atoms with Gasteiger partial charge in [0, 0.05) is 24.1 Å². The smallest absolute Gasteiger partial charge is 0.245 e. The van der Waals surface area contributed by atoms with Crippen LogP contribution in [0.3, 0.4) is 0 Å². The van der Waals surface area contributed by atoms with Gasteiger partial charge in [-0.05, 0) is 42.3 Å². The molecule has 1 aliphatic rings. The third-order valence-electron chi connectivity index (χ3n) is 4.60. The van der Waals surface area contributed by atoms with Crippen molar-refractivity contribution in [3.63, 3.8) is 0 Å². The molecule has 0 saturated carbocycles. The van der Waals surface area contributed by atoms with E-state index in [0.717, 1.165) is 11.3 Å². The number of carbonyl (C=O) groups excluding carboxylic acids is 2. The van der Waals surface area contributed by atoms with E-state index in [0.29, 0.717) is 17.7 Å². The second-order valence-electron chi connectivity index (χ2n) is 6.13. The van der Waals surface area contributed by atoms with E-state index in [9.17, 15) is 14.9 Å². The van der Waals surface area contributed by atoms with Crippen LogP contribution in [0.15, 0.2) is 48.5 Å². The van der Waals surface area contributed by atoms with E-state index in [1.54, 1.807) is 31.4 Å². The van der Waals surface area contributed by atoms with Gasteiger partial charge in [0.25, 0.3) is 0 Å². The van der Waals surface area contributed by atoms with Crippen molar-refractivity contribution in [1.82, 2.24) is 0 Å². The fourth-order valence-corrected chi connectivity index (χ4v) is 3.04. The van der Waals surface area contributed by atoms with Crippen LogP contribution in [0.2, 0.25) is 0 Å². The summed E-state index contributed by atoms with van der Waals surface area (Å²) in [6.45, 7) is 0. The Bertz CT molecular complexity index is 852. The van der Waals surface area contributed by atoms with Crippen LogP contribution >= 0.6 is 0 Å². The number of ketones is 1. The van der Waals surface area contributed by atoms with E-state index in [1.165, 1.54) is 0 Å². The lowest BCUT2D eigenvalue weighted by Gasteiger charge is -2.31. The number of methoxy groups -OCH3 is 1. The Morgan fingerprint density at radius 3 is 2.64 bits per heavy atom. The highest BCUT2D eigenvalue weighted by molar-refractivity contribution is 6.01. The molecule has 1 heterocycles. The predicted octanol–water partition coefficient (Wildman–Crippen LogP) is 3.36. The number of nitrogens with zero attached hydrogens (tertiary/aromatic N) is 1. The van der Waals surface area contributed by atoms with Crippen molar-refractivity contribution in [3.8, 4) is 11.8 Å². The van der Waals surface area contributed by atoms with Gasteiger partial charge in [-0.3, -0.25) is 9.59 Å². The summed E-state index contributed by atoms with van der Waals surface area (Å²) < 4.78 is 5.08. The monoisotopic (exact) mass is 334 g/mol. The summed E-state index contributed by atoms with van der Waals surface area (Å²) in [4.78, 5) is 24.9. The van der Waals surface area contributed by atoms with E-state index in [-0.39, 0.29) is 24.5 Å². The molecule has 5 heteroatoms. The summed E-state index contributed by atoms with van der Waals surface area (Å²) in [6.07, 6.45) is 0.644. The van der Waals surface area contributed by atoms with E-state index >= 15 is 0 Å². The van der Waals surface area contributed by atoms with Crippen LogP contribution in [0, 0.1) is 16.7 Å². The number of anilines is 1. The van der Waals surface area contributed by atoms with Crippen molar-refractivity contribution in [1.29, 1.82) is 5.26 Å². The number of nitriles is 1. The minimum absolute atomic E-state index is 0.0936. The molecule has 1 amide bonds. The van der Waals surface area contributed by atoms with Gasteiger partial charge in [-0.15, -0.1) is 0 Å². The van der Waals surface area contributed by atoms with E-state index in [1.807, 2.05) is 24.3 Å². The predicted molar refractivity (Wildman–Crippen MR) is 93.4 cm³/mol. The van der Waals surface area contributed by atoms with Gasteiger partial charge in [0.05, 0.1) is 13.2 Å². The topological polar surface area (TPSA) is 79.2 Å². The molecule has 0 aliphatic carbocycles. The van der Waals surface area contributed by atoms with Gasteiger partial charge in [0.2, 0.25) is 5.91 Å². The number of ether oxygens (including phenoxy) is 1. The lowest BCUT2D eigenvalue weighted by atomic mass is 9.75. The second-order valence-corrected chi connectivity index (χ2v) is 6.13. The summed E-state index contributed by atoms with van der Waals surface area (Å²) in [5.74, 6) is 0.244. The number of Topliss-reactive ketones (excluding diaryl/α,β-unsaturated/α-hetero) is 1. The number of fused-ring (bicyclic) bond motifs is 1. The second kappa shape index (κ2) is 6.78. The molecule has 0 saturated heterocycles. The van der Waals surface area contributed by atoms with Gasteiger partial charge in [-0.2, -0.15) is 5.26 Å². The van der Waals surface area contributed by atoms with Gasteiger partial charge in [0.1, 0.15) is 11.2 Å². The first-order valence-electron chi connectivity index (χ1n) is 8.06. The highest BCUT2D eigenvalue weighted by atomic mass is 16.5. The molecule has 1 aliphatic heterocycles. The van der Waals surface area contributed by atoms with Crippen molar-refractivity contribution >= 4 is 17.4 Å². The molecular weight excluding hydrogens is 316 g/mol. The van der Waals surface area contributed by atoms with Crippen LogP contribution < -0.4 is 10.1 Å². The zero-order valence-electron chi connectivity index (χ0n) is 13.9. The molecule has 0 radical (unpaired) electrons. The Labute approximate surface area is 146 Å². The van der Waals surface area contributed by atoms with Crippen molar-refractivity contribution in [2.75, 3.05) is 12.4 Å². The molecule has 25 heavy (non-hydrogen) atoms. The molecule has 2 aromatic carbocycles. The average Bonchev–Trinajstić information content (AvgIpc) is 2.66. The number of benzene rings is 2. The first-order chi connectivity index (χ1) is 12.1. The third-order valence-corrected chi connectivity index (χ3v) is 4.60. The minimum Gasteiger partial charge on any atom is -0.497 e. The highest BCUT2D eigenvalue weighted by Gasteiger charge is 2.42. The van der Waals surface area contributed by atoms with Crippen molar-refractivity contribution in [3.05, 3.63) is 59.7 Å². The maximum absolute atomic E-state index is 12.5. The van der Waals surface area contributed by atoms with Crippen molar-refractivity contribution in [2.24, 2.45) is 5.41 Å². The number of rotatable bonds is 5. The number of hydrogen-bond acceptors (Lipinski definition) is 4. The molecule has 126 valence electrons. The van der Waals surface area contributed by atoms with Crippen LogP contribution in [0.1, 0.15) is 28.8 Å². The van der Waals surface area contributed by atoms with Crippen molar-refractivity contribution < 1.29 is 14.3 Å². The zero-order chi connectivity index (χ0) is 17.9. The molecule has 1 atom stereocenters. The quantitative estimate of drug-likeness (QED) is 0.850. The molecule has 3 rings (SSSR count). The first-order valence-corrected chi connectivity index (χ1v) is 8.06. The van der Waals surface area contributed by atoms with E-state index in [4.69, 9.17) is 4.74 Å². The number of hydrogen-bond donors (Lipinski definition) is 1. The summed E-state index contributed by atoms with van der Waals surface area (Å²) in [5.41, 5.74) is 0.988. The van der Waals surface area contributed by atoms with Gasteiger partial charge in [0.15, 0.2) is 5.78 Å². The molecule has 0 fully saturated rings. The fourth-order valence-electron chi connectivity index (χ4n) is 3.04. The number of amides is 1. The van der Waals surface area contributed by atoms with Crippen LogP contribution in [-0.2, 0) is 11.2 Å². The van der Waals surface area contributed by atoms with Crippen LogP contribution in [-0.4, -0.2) is 18.8 Å². The molecule has 0 unspecified atom stereocenters. The number of para-hydroxylation sites is 1. The van der Waals surface area contributed by atoms with E-state index in [2.05, 4.69) is 11.4 Å². The number of carbonyl (C=O) groups is 2. The minimum atomic E-state index is -1.21. The standard InChI is InChI=1S/C20H18N2O3/c1-25-16-8-6-14(7-9-16)18(23)10-11-20(13-21)12-15-4-2-3-5-17(15)22-19(20)24/h2-9H,10-12H2,1H3,(H,22,24)/t20-/m0/s1. The molecule has 0 spiro atoms. The summed E-state index contributed by atoms with van der Waals surface area (Å²) >= 11 is 0. The Morgan fingerprint density at radius 2 is 1.96 bits per heavy atom. The highest BCUT2D eigenvalue weighted by Crippen LogP contribution is 2.37. The Balaban J connectivity index is 1.75. The summed E-state index contributed by atoms with van der Waals surface area (Å²) in [5, 5.41) is 12.4.